The second-order valence-electron chi connectivity index (χ2n) is 7.27. The van der Waals surface area contributed by atoms with Gasteiger partial charge in [-0.1, -0.05) is 18.2 Å². The molecule has 0 bridgehead atoms. The summed E-state index contributed by atoms with van der Waals surface area (Å²) in [6.45, 7) is 4.83. The number of halogens is 2. The Kier molecular flexibility index (Phi) is 5.35. The Bertz CT molecular complexity index is 814. The Hall–Kier alpha value is -1.39. The van der Waals surface area contributed by atoms with E-state index in [4.69, 9.17) is 0 Å². The van der Waals surface area contributed by atoms with Crippen molar-refractivity contribution in [3.63, 3.8) is 0 Å². The van der Waals surface area contributed by atoms with Crippen molar-refractivity contribution in [2.75, 3.05) is 13.1 Å². The third kappa shape index (κ3) is 3.41. The summed E-state index contributed by atoms with van der Waals surface area (Å²) in [6.07, 6.45) is 0. The summed E-state index contributed by atoms with van der Waals surface area (Å²) in [5.41, 5.74) is -2.33. The molecule has 26 heavy (non-hydrogen) atoms. The van der Waals surface area contributed by atoms with Crippen LogP contribution in [-0.4, -0.2) is 52.1 Å². The van der Waals surface area contributed by atoms with Crippen molar-refractivity contribution < 1.29 is 26.2 Å². The average Bonchev–Trinajstić information content (AvgIpc) is 2.49. The van der Waals surface area contributed by atoms with E-state index < -0.39 is 60.3 Å². The number of amides is 1. The summed E-state index contributed by atoms with van der Waals surface area (Å²) in [5.74, 6) is -0.461. The van der Waals surface area contributed by atoms with Gasteiger partial charge >= 0.3 is 5.25 Å². The number of rotatable bonds is 5. The lowest BCUT2D eigenvalue weighted by molar-refractivity contribution is -0.146. The van der Waals surface area contributed by atoms with Crippen molar-refractivity contribution in [1.29, 1.82) is 0 Å². The molecule has 1 amide bonds. The van der Waals surface area contributed by atoms with Crippen LogP contribution in [0.4, 0.5) is 8.78 Å². The van der Waals surface area contributed by atoms with Gasteiger partial charge in [0.05, 0.1) is 20.6 Å². The largest absolute Gasteiger partial charge is 0.371 e. The molecule has 1 aliphatic heterocycles. The van der Waals surface area contributed by atoms with Crippen LogP contribution in [-0.2, 0) is 25.6 Å². The maximum Gasteiger partial charge on any atom is 0.371 e. The molecule has 0 spiro atoms. The van der Waals surface area contributed by atoms with Crippen molar-refractivity contribution in [3.05, 3.63) is 30.3 Å². The zero-order valence-corrected chi connectivity index (χ0v) is 16.6. The number of nitrogens with zero attached hydrogens (tertiary/aromatic N) is 1. The van der Waals surface area contributed by atoms with Crippen molar-refractivity contribution in [2.45, 2.75) is 48.1 Å². The molecule has 0 aliphatic carbocycles. The quantitative estimate of drug-likeness (QED) is 0.804. The number of sulfone groups is 1. The van der Waals surface area contributed by atoms with Gasteiger partial charge in [-0.25, -0.2) is 17.3 Å². The molecule has 146 valence electrons. The van der Waals surface area contributed by atoms with E-state index in [2.05, 4.69) is 4.72 Å². The molecule has 1 heterocycles. The highest BCUT2D eigenvalue weighted by Gasteiger charge is 2.69. The van der Waals surface area contributed by atoms with Crippen LogP contribution in [0.3, 0.4) is 0 Å². The Morgan fingerprint density at radius 3 is 2.12 bits per heavy atom. The Morgan fingerprint density at radius 1 is 1.19 bits per heavy atom. The number of carbonyl (C=O) groups excluding carboxylic acids is 1. The van der Waals surface area contributed by atoms with Gasteiger partial charge in [-0.3, -0.25) is 4.79 Å². The van der Waals surface area contributed by atoms with Gasteiger partial charge in [0.2, 0.25) is 15.7 Å². The summed E-state index contributed by atoms with van der Waals surface area (Å²) in [6, 6.07) is 6.37. The first kappa shape index (κ1) is 20.9. The van der Waals surface area contributed by atoms with Crippen LogP contribution in [0, 0.1) is 0 Å². The lowest BCUT2D eigenvalue weighted by atomic mass is 9.91. The molecule has 1 atom stereocenters. The number of alkyl halides is 2. The summed E-state index contributed by atoms with van der Waals surface area (Å²) in [4.78, 5) is 12.0. The maximum absolute atomic E-state index is 15.2. The number of carbonyl (C=O) groups is 1. The van der Waals surface area contributed by atoms with E-state index in [-0.39, 0.29) is 0 Å². The Labute approximate surface area is 154 Å². The van der Waals surface area contributed by atoms with Crippen LogP contribution in [0.25, 0.3) is 0 Å². The van der Waals surface area contributed by atoms with Crippen LogP contribution in [0.1, 0.15) is 27.7 Å². The van der Waals surface area contributed by atoms with Crippen LogP contribution >= 0.6 is 0 Å². The number of hydrogen-bond acceptors (Lipinski definition) is 4. The molecule has 2 rings (SSSR count). The summed E-state index contributed by atoms with van der Waals surface area (Å²) >= 11 is 0. The lowest BCUT2D eigenvalue weighted by Crippen LogP contribution is -2.79. The van der Waals surface area contributed by atoms with Gasteiger partial charge in [-0.15, -0.1) is 0 Å². The molecule has 6 nitrogen and oxygen atoms in total. The van der Waals surface area contributed by atoms with Crippen molar-refractivity contribution in [1.82, 2.24) is 9.62 Å². The highest BCUT2D eigenvalue weighted by atomic mass is 32.2. The van der Waals surface area contributed by atoms with E-state index in [1.165, 1.54) is 25.1 Å². The summed E-state index contributed by atoms with van der Waals surface area (Å²) < 4.78 is 69.6. The van der Waals surface area contributed by atoms with Crippen LogP contribution in [0.5, 0.6) is 0 Å². The molecule has 1 aromatic rings. The van der Waals surface area contributed by atoms with Crippen molar-refractivity contribution in [3.8, 4) is 0 Å². The summed E-state index contributed by atoms with van der Waals surface area (Å²) in [5, 5.41) is -4.27. The SMILES string of the molecule is CC(=O)N1CC(NS(=O)C(C)(C)C)(C(F)(F)S(=O)(=O)c2ccccc2)C1. The highest BCUT2D eigenvalue weighted by Crippen LogP contribution is 2.44. The van der Waals surface area contributed by atoms with Crippen LogP contribution in [0.15, 0.2) is 35.2 Å². The van der Waals surface area contributed by atoms with E-state index in [0.29, 0.717) is 0 Å². The van der Waals surface area contributed by atoms with Gasteiger partial charge in [-0.2, -0.15) is 8.78 Å². The minimum atomic E-state index is -5.07. The number of likely N-dealkylation sites (tertiary alicyclic amines) is 1. The normalized spacial score (nSPS) is 18.9. The number of hydrogen-bond donors (Lipinski definition) is 1. The lowest BCUT2D eigenvalue weighted by Gasteiger charge is -2.52. The predicted molar refractivity (Wildman–Crippen MR) is 94.6 cm³/mol. The fourth-order valence-corrected chi connectivity index (χ4v) is 4.96. The molecular formula is C16H22F2N2O4S2. The van der Waals surface area contributed by atoms with E-state index in [9.17, 15) is 17.4 Å². The monoisotopic (exact) mass is 408 g/mol. The van der Waals surface area contributed by atoms with Crippen LogP contribution < -0.4 is 4.72 Å². The molecule has 1 fully saturated rings. The first-order valence-electron chi connectivity index (χ1n) is 7.87. The van der Waals surface area contributed by atoms with Gasteiger partial charge in [0.15, 0.2) is 0 Å². The average molecular weight is 408 g/mol. The van der Waals surface area contributed by atoms with Gasteiger partial charge in [-0.05, 0) is 32.9 Å². The maximum atomic E-state index is 15.2. The molecule has 0 saturated carbocycles. The summed E-state index contributed by atoms with van der Waals surface area (Å²) in [7, 11) is -7.02. The molecule has 1 unspecified atom stereocenters. The van der Waals surface area contributed by atoms with E-state index in [1.807, 2.05) is 0 Å². The van der Waals surface area contributed by atoms with E-state index in [1.54, 1.807) is 20.8 Å². The first-order valence-corrected chi connectivity index (χ1v) is 10.5. The standard InChI is InChI=1S/C16H22F2N2O4S2/c1-12(21)20-10-15(11-20,19-25(22)14(2,3)4)16(17,18)26(23,24)13-8-6-5-7-9-13/h5-9,19H,10-11H2,1-4H3. The molecule has 1 N–H and O–H groups in total. The minimum Gasteiger partial charge on any atom is -0.338 e. The second-order valence-corrected chi connectivity index (χ2v) is 11.2. The third-order valence-corrected chi connectivity index (χ3v) is 7.81. The molecule has 1 saturated heterocycles. The fraction of sp³-hybridized carbons (Fsp3) is 0.562. The van der Waals surface area contributed by atoms with Crippen molar-refractivity contribution in [2.24, 2.45) is 0 Å². The molecule has 1 aliphatic rings. The Balaban J connectivity index is 2.48. The second kappa shape index (κ2) is 6.65. The van der Waals surface area contributed by atoms with E-state index >= 15 is 8.78 Å². The van der Waals surface area contributed by atoms with Crippen LogP contribution in [0.2, 0.25) is 0 Å². The first-order chi connectivity index (χ1) is 11.7. The zero-order valence-electron chi connectivity index (χ0n) is 15.0. The minimum absolute atomic E-state index is 0.461. The highest BCUT2D eigenvalue weighted by molar-refractivity contribution is 7.92. The van der Waals surface area contributed by atoms with Crippen molar-refractivity contribution >= 4 is 26.7 Å². The Morgan fingerprint density at radius 2 is 1.69 bits per heavy atom. The molecule has 1 aromatic carbocycles. The van der Waals surface area contributed by atoms with Gasteiger partial charge < -0.3 is 4.90 Å². The van der Waals surface area contributed by atoms with Gasteiger partial charge in [0.25, 0.3) is 0 Å². The van der Waals surface area contributed by atoms with Gasteiger partial charge in [0.1, 0.15) is 5.54 Å². The molecular weight excluding hydrogens is 386 g/mol. The fourth-order valence-electron chi connectivity index (χ4n) is 2.47. The smallest absolute Gasteiger partial charge is 0.338 e. The predicted octanol–water partition coefficient (Wildman–Crippen LogP) is 1.71. The molecule has 10 heteroatoms. The number of benzene rings is 1. The number of nitrogens with one attached hydrogen (secondary N) is 1. The van der Waals surface area contributed by atoms with Gasteiger partial charge in [0, 0.05) is 20.0 Å². The molecule has 0 aromatic heterocycles. The topological polar surface area (TPSA) is 83.6 Å². The third-order valence-electron chi connectivity index (χ3n) is 4.16. The van der Waals surface area contributed by atoms with E-state index in [0.717, 1.165) is 17.0 Å². The molecule has 0 radical (unpaired) electrons. The zero-order chi connectivity index (χ0) is 20.0.